The van der Waals surface area contributed by atoms with Crippen molar-refractivity contribution in [1.82, 2.24) is 9.55 Å². The maximum Gasteiger partial charge on any atom is 0.300 e. The summed E-state index contributed by atoms with van der Waals surface area (Å²) in [6.07, 6.45) is 12.5. The number of carboxylic acids is 1. The summed E-state index contributed by atoms with van der Waals surface area (Å²) in [7, 11) is 0. The molecule has 0 aromatic carbocycles. The minimum absolute atomic E-state index is 0.833. The molecule has 0 saturated heterocycles. The highest BCUT2D eigenvalue weighted by Crippen LogP contribution is 2.03. The quantitative estimate of drug-likeness (QED) is 0.759. The molecule has 0 spiro atoms. The lowest BCUT2D eigenvalue weighted by Crippen LogP contribution is -1.93. The second-order valence-electron chi connectivity index (χ2n) is 3.73. The van der Waals surface area contributed by atoms with Gasteiger partial charge in [0, 0.05) is 25.9 Å². The van der Waals surface area contributed by atoms with Gasteiger partial charge in [-0.1, -0.05) is 32.6 Å². The first-order valence-corrected chi connectivity index (χ1v) is 5.82. The van der Waals surface area contributed by atoms with Crippen LogP contribution in [-0.2, 0) is 11.3 Å². The van der Waals surface area contributed by atoms with Crippen LogP contribution in [0, 0.1) is 0 Å². The minimum Gasteiger partial charge on any atom is -0.481 e. The number of imidazole rings is 1. The maximum atomic E-state index is 9.00. The topological polar surface area (TPSA) is 55.1 Å². The van der Waals surface area contributed by atoms with E-state index in [0.717, 1.165) is 13.5 Å². The van der Waals surface area contributed by atoms with Crippen LogP contribution in [0.3, 0.4) is 0 Å². The number of unbranched alkanes of at least 4 members (excludes halogenated alkanes) is 4. The van der Waals surface area contributed by atoms with E-state index in [1.54, 1.807) is 0 Å². The fourth-order valence-corrected chi connectivity index (χ4v) is 1.32. The molecule has 0 aliphatic rings. The van der Waals surface area contributed by atoms with Crippen LogP contribution in [0.25, 0.3) is 0 Å². The van der Waals surface area contributed by atoms with Crippen molar-refractivity contribution in [1.29, 1.82) is 0 Å². The minimum atomic E-state index is -0.833. The normalized spacial score (nSPS) is 9.38. The van der Waals surface area contributed by atoms with Gasteiger partial charge in [0.1, 0.15) is 0 Å². The number of hydrogen-bond acceptors (Lipinski definition) is 2. The van der Waals surface area contributed by atoms with Crippen molar-refractivity contribution in [2.75, 3.05) is 0 Å². The molecule has 0 atom stereocenters. The Balaban J connectivity index is 0.000000487. The van der Waals surface area contributed by atoms with Crippen LogP contribution in [0.15, 0.2) is 18.7 Å². The third kappa shape index (κ3) is 10.8. The third-order valence-electron chi connectivity index (χ3n) is 2.08. The Morgan fingerprint density at radius 3 is 2.44 bits per heavy atom. The summed E-state index contributed by atoms with van der Waals surface area (Å²) in [6.45, 7) is 4.46. The highest BCUT2D eigenvalue weighted by atomic mass is 16.4. The van der Waals surface area contributed by atoms with Crippen molar-refractivity contribution in [2.45, 2.75) is 52.5 Å². The van der Waals surface area contributed by atoms with Gasteiger partial charge in [-0.05, 0) is 6.42 Å². The van der Waals surface area contributed by atoms with Crippen molar-refractivity contribution in [3.05, 3.63) is 18.7 Å². The first-order valence-electron chi connectivity index (χ1n) is 5.82. The fourth-order valence-electron chi connectivity index (χ4n) is 1.32. The van der Waals surface area contributed by atoms with E-state index < -0.39 is 5.97 Å². The van der Waals surface area contributed by atoms with E-state index in [0.29, 0.717) is 0 Å². The fraction of sp³-hybridized carbons (Fsp3) is 0.667. The molecule has 1 rings (SSSR count). The summed E-state index contributed by atoms with van der Waals surface area (Å²) in [5.41, 5.74) is 0. The number of hydrogen-bond donors (Lipinski definition) is 1. The molecule has 92 valence electrons. The van der Waals surface area contributed by atoms with Crippen LogP contribution in [0.1, 0.15) is 46.0 Å². The number of aliphatic carboxylic acids is 1. The lowest BCUT2D eigenvalue weighted by atomic mass is 10.1. The second-order valence-corrected chi connectivity index (χ2v) is 3.73. The van der Waals surface area contributed by atoms with Gasteiger partial charge in [-0.2, -0.15) is 0 Å². The molecule has 0 bridgehead atoms. The largest absolute Gasteiger partial charge is 0.481 e. The molecule has 1 N–H and O–H groups in total. The van der Waals surface area contributed by atoms with Crippen molar-refractivity contribution < 1.29 is 9.90 Å². The smallest absolute Gasteiger partial charge is 0.300 e. The lowest BCUT2D eigenvalue weighted by molar-refractivity contribution is -0.134. The number of carbonyl (C=O) groups is 1. The summed E-state index contributed by atoms with van der Waals surface area (Å²) in [5, 5.41) is 7.42. The number of aryl methyl sites for hydroxylation is 1. The molecule has 0 amide bonds. The summed E-state index contributed by atoms with van der Waals surface area (Å²) < 4.78 is 2.14. The van der Waals surface area contributed by atoms with Crippen molar-refractivity contribution in [2.24, 2.45) is 0 Å². The zero-order valence-electron chi connectivity index (χ0n) is 10.2. The van der Waals surface area contributed by atoms with E-state index in [4.69, 9.17) is 9.90 Å². The average Bonchev–Trinajstić information content (AvgIpc) is 2.69. The van der Waals surface area contributed by atoms with Crippen LogP contribution in [-0.4, -0.2) is 20.6 Å². The summed E-state index contributed by atoms with van der Waals surface area (Å²) in [5.74, 6) is -0.833. The van der Waals surface area contributed by atoms with E-state index in [9.17, 15) is 0 Å². The van der Waals surface area contributed by atoms with Gasteiger partial charge in [0.05, 0.1) is 6.33 Å². The molecular weight excluding hydrogens is 204 g/mol. The summed E-state index contributed by atoms with van der Waals surface area (Å²) in [6, 6.07) is 0. The number of aromatic nitrogens is 2. The molecule has 1 aromatic heterocycles. The third-order valence-corrected chi connectivity index (χ3v) is 2.08. The van der Waals surface area contributed by atoms with Gasteiger partial charge in [-0.3, -0.25) is 4.79 Å². The number of rotatable bonds is 6. The molecule has 0 saturated carbocycles. The zero-order valence-corrected chi connectivity index (χ0v) is 10.2. The van der Waals surface area contributed by atoms with Crippen molar-refractivity contribution in [3.8, 4) is 0 Å². The highest BCUT2D eigenvalue weighted by Gasteiger charge is 1.90. The Morgan fingerprint density at radius 1 is 1.31 bits per heavy atom. The van der Waals surface area contributed by atoms with Crippen LogP contribution in [0.5, 0.6) is 0 Å². The van der Waals surface area contributed by atoms with Crippen molar-refractivity contribution in [3.63, 3.8) is 0 Å². The lowest BCUT2D eigenvalue weighted by Gasteiger charge is -2.00. The molecule has 0 aliphatic heterocycles. The zero-order chi connectivity index (χ0) is 12.2. The molecule has 0 unspecified atom stereocenters. The maximum absolute atomic E-state index is 9.00. The predicted octanol–water partition coefficient (Wildman–Crippen LogP) is 2.94. The first-order chi connectivity index (χ1) is 7.66. The SMILES string of the molecule is CC(=O)O.CCCCCCCn1ccnc1. The van der Waals surface area contributed by atoms with Gasteiger partial charge in [0.25, 0.3) is 5.97 Å². The summed E-state index contributed by atoms with van der Waals surface area (Å²) >= 11 is 0. The van der Waals surface area contributed by atoms with E-state index in [2.05, 4.69) is 16.5 Å². The second kappa shape index (κ2) is 10.2. The van der Waals surface area contributed by atoms with Gasteiger partial charge in [0.2, 0.25) is 0 Å². The van der Waals surface area contributed by atoms with Gasteiger partial charge >= 0.3 is 0 Å². The Kier molecular flexibility index (Phi) is 9.36. The molecular formula is C12H22N2O2. The van der Waals surface area contributed by atoms with Gasteiger partial charge in [-0.15, -0.1) is 0 Å². The molecule has 0 radical (unpaired) electrons. The van der Waals surface area contributed by atoms with E-state index in [-0.39, 0.29) is 0 Å². The Morgan fingerprint density at radius 2 is 1.94 bits per heavy atom. The number of carboxylic acid groups (broad SMARTS) is 1. The van der Waals surface area contributed by atoms with Crippen molar-refractivity contribution >= 4 is 5.97 Å². The van der Waals surface area contributed by atoms with E-state index in [1.807, 2.05) is 18.7 Å². The van der Waals surface area contributed by atoms with Gasteiger partial charge in [0.15, 0.2) is 0 Å². The monoisotopic (exact) mass is 226 g/mol. The molecule has 0 aliphatic carbocycles. The predicted molar refractivity (Wildman–Crippen MR) is 64.3 cm³/mol. The molecule has 1 aromatic rings. The molecule has 1 heterocycles. The standard InChI is InChI=1S/C10H18N2.C2H4O2/c1-2-3-4-5-6-8-12-9-7-11-10-12;1-2(3)4/h7,9-10H,2-6,8H2,1H3;1H3,(H,3,4). The van der Waals surface area contributed by atoms with Crippen LogP contribution in [0.4, 0.5) is 0 Å². The highest BCUT2D eigenvalue weighted by molar-refractivity contribution is 5.62. The Labute approximate surface area is 97.3 Å². The average molecular weight is 226 g/mol. The van der Waals surface area contributed by atoms with Gasteiger partial charge in [-0.25, -0.2) is 4.98 Å². The van der Waals surface area contributed by atoms with E-state index in [1.165, 1.54) is 32.1 Å². The van der Waals surface area contributed by atoms with E-state index >= 15 is 0 Å². The summed E-state index contributed by atoms with van der Waals surface area (Å²) in [4.78, 5) is 13.0. The Bertz CT molecular complexity index is 254. The van der Waals surface area contributed by atoms with Gasteiger partial charge < -0.3 is 9.67 Å². The molecule has 0 fully saturated rings. The van der Waals surface area contributed by atoms with Crippen LogP contribution >= 0.6 is 0 Å². The molecule has 4 heteroatoms. The first kappa shape index (κ1) is 14.7. The Hall–Kier alpha value is -1.32. The molecule has 4 nitrogen and oxygen atoms in total. The van der Waals surface area contributed by atoms with Crippen LogP contribution < -0.4 is 0 Å². The van der Waals surface area contributed by atoms with Crippen LogP contribution in [0.2, 0.25) is 0 Å². The molecule has 16 heavy (non-hydrogen) atoms. The number of nitrogens with zero attached hydrogens (tertiary/aromatic N) is 2.